The van der Waals surface area contributed by atoms with E-state index < -0.39 is 0 Å². The number of carbonyl (C=O) groups excluding carboxylic acids is 1. The van der Waals surface area contributed by atoms with Crippen molar-refractivity contribution in [3.8, 4) is 6.07 Å². The van der Waals surface area contributed by atoms with Crippen molar-refractivity contribution in [1.82, 2.24) is 10.3 Å². The van der Waals surface area contributed by atoms with Crippen LogP contribution in [0.5, 0.6) is 0 Å². The molecule has 1 amide bonds. The van der Waals surface area contributed by atoms with E-state index in [2.05, 4.69) is 24.1 Å². The molecule has 1 aliphatic rings. The lowest BCUT2D eigenvalue weighted by Gasteiger charge is -2.19. The summed E-state index contributed by atoms with van der Waals surface area (Å²) in [5.41, 5.74) is 1.13. The van der Waals surface area contributed by atoms with Gasteiger partial charge >= 0.3 is 0 Å². The summed E-state index contributed by atoms with van der Waals surface area (Å²) in [7, 11) is 0. The number of hydrogen-bond donors (Lipinski definition) is 1. The summed E-state index contributed by atoms with van der Waals surface area (Å²) < 4.78 is 0. The number of nitrogens with zero attached hydrogens (tertiary/aromatic N) is 2. The Morgan fingerprint density at radius 2 is 2.28 bits per heavy atom. The van der Waals surface area contributed by atoms with E-state index in [0.717, 1.165) is 0 Å². The summed E-state index contributed by atoms with van der Waals surface area (Å²) in [6, 6.07) is 5.17. The first-order valence-corrected chi connectivity index (χ1v) is 6.22. The van der Waals surface area contributed by atoms with Crippen molar-refractivity contribution < 1.29 is 4.79 Å². The van der Waals surface area contributed by atoms with Crippen molar-refractivity contribution in [3.05, 3.63) is 29.6 Å². The van der Waals surface area contributed by atoms with Gasteiger partial charge in [-0.05, 0) is 36.3 Å². The molecular formula is C14H17N3O. The SMILES string of the molecule is CC(C)C1(CNC(=O)c2ccc(C#N)cn2)CC1. The van der Waals surface area contributed by atoms with E-state index >= 15 is 0 Å². The molecule has 1 saturated carbocycles. The standard InChI is InChI=1S/C14H17N3O/c1-10(2)14(5-6-14)9-17-13(18)12-4-3-11(7-15)8-16-12/h3-4,8,10H,5-6,9H2,1-2H3,(H,17,18). The second-order valence-corrected chi connectivity index (χ2v) is 5.24. The first-order valence-electron chi connectivity index (χ1n) is 6.22. The summed E-state index contributed by atoms with van der Waals surface area (Å²) >= 11 is 0. The van der Waals surface area contributed by atoms with Crippen molar-refractivity contribution in [2.75, 3.05) is 6.54 Å². The number of carbonyl (C=O) groups is 1. The summed E-state index contributed by atoms with van der Waals surface area (Å²) in [5.74, 6) is 0.429. The number of hydrogen-bond acceptors (Lipinski definition) is 3. The Labute approximate surface area is 107 Å². The van der Waals surface area contributed by atoms with Crippen LogP contribution in [0.4, 0.5) is 0 Å². The molecule has 0 saturated heterocycles. The zero-order valence-corrected chi connectivity index (χ0v) is 10.7. The topological polar surface area (TPSA) is 65.8 Å². The predicted octanol–water partition coefficient (Wildman–Crippen LogP) is 2.12. The number of nitrogens with one attached hydrogen (secondary N) is 1. The van der Waals surface area contributed by atoms with Crippen LogP contribution in [0.15, 0.2) is 18.3 Å². The van der Waals surface area contributed by atoms with Crippen molar-refractivity contribution in [2.24, 2.45) is 11.3 Å². The normalized spacial score (nSPS) is 16.1. The maximum atomic E-state index is 11.9. The van der Waals surface area contributed by atoms with Gasteiger partial charge in [-0.1, -0.05) is 13.8 Å². The zero-order chi connectivity index (χ0) is 13.2. The van der Waals surface area contributed by atoms with E-state index in [4.69, 9.17) is 5.26 Å². The van der Waals surface area contributed by atoms with Crippen LogP contribution in [0.2, 0.25) is 0 Å². The van der Waals surface area contributed by atoms with Gasteiger partial charge in [0.15, 0.2) is 0 Å². The number of nitriles is 1. The largest absolute Gasteiger partial charge is 0.350 e. The van der Waals surface area contributed by atoms with Crippen LogP contribution in [0, 0.1) is 22.7 Å². The molecule has 0 radical (unpaired) electrons. The molecule has 0 aromatic carbocycles. The van der Waals surface area contributed by atoms with Gasteiger partial charge in [-0.3, -0.25) is 4.79 Å². The van der Waals surface area contributed by atoms with E-state index in [0.29, 0.717) is 29.1 Å². The number of pyridine rings is 1. The fourth-order valence-corrected chi connectivity index (χ4v) is 2.06. The molecule has 1 aliphatic carbocycles. The van der Waals surface area contributed by atoms with Crippen LogP contribution in [-0.2, 0) is 0 Å². The Kier molecular flexibility index (Phi) is 3.33. The summed E-state index contributed by atoms with van der Waals surface area (Å²) in [6.07, 6.45) is 3.79. The van der Waals surface area contributed by atoms with Crippen LogP contribution >= 0.6 is 0 Å². The minimum Gasteiger partial charge on any atom is -0.350 e. The highest BCUT2D eigenvalue weighted by Crippen LogP contribution is 2.51. The van der Waals surface area contributed by atoms with Crippen molar-refractivity contribution in [1.29, 1.82) is 5.26 Å². The van der Waals surface area contributed by atoms with Gasteiger partial charge in [-0.2, -0.15) is 5.26 Å². The van der Waals surface area contributed by atoms with E-state index in [1.807, 2.05) is 6.07 Å². The minimum atomic E-state index is -0.161. The molecule has 1 heterocycles. The van der Waals surface area contributed by atoms with Gasteiger partial charge in [0.1, 0.15) is 11.8 Å². The molecule has 0 unspecified atom stereocenters. The molecule has 0 aliphatic heterocycles. The van der Waals surface area contributed by atoms with Crippen LogP contribution in [0.1, 0.15) is 42.7 Å². The Balaban J connectivity index is 1.94. The lowest BCUT2D eigenvalue weighted by atomic mass is 9.92. The van der Waals surface area contributed by atoms with Crippen molar-refractivity contribution >= 4 is 5.91 Å². The summed E-state index contributed by atoms with van der Waals surface area (Å²) in [4.78, 5) is 15.9. The molecule has 94 valence electrons. The van der Waals surface area contributed by atoms with Gasteiger partial charge in [-0.15, -0.1) is 0 Å². The third kappa shape index (κ3) is 2.51. The Hall–Kier alpha value is -1.89. The predicted molar refractivity (Wildman–Crippen MR) is 67.8 cm³/mol. The molecular weight excluding hydrogens is 226 g/mol. The number of rotatable bonds is 4. The second-order valence-electron chi connectivity index (χ2n) is 5.24. The van der Waals surface area contributed by atoms with Gasteiger partial charge in [0, 0.05) is 12.7 Å². The highest BCUT2D eigenvalue weighted by molar-refractivity contribution is 5.92. The third-order valence-electron chi connectivity index (χ3n) is 3.84. The first kappa shape index (κ1) is 12.6. The van der Waals surface area contributed by atoms with E-state index in [9.17, 15) is 4.79 Å². The monoisotopic (exact) mass is 243 g/mol. The van der Waals surface area contributed by atoms with E-state index in [1.165, 1.54) is 19.0 Å². The van der Waals surface area contributed by atoms with Gasteiger partial charge in [0.05, 0.1) is 5.56 Å². The maximum absolute atomic E-state index is 11.9. The molecule has 4 nitrogen and oxygen atoms in total. The van der Waals surface area contributed by atoms with E-state index in [-0.39, 0.29) is 5.91 Å². The van der Waals surface area contributed by atoms with E-state index in [1.54, 1.807) is 12.1 Å². The van der Waals surface area contributed by atoms with Crippen LogP contribution in [0.25, 0.3) is 0 Å². The maximum Gasteiger partial charge on any atom is 0.269 e. The molecule has 2 rings (SSSR count). The molecule has 1 aromatic heterocycles. The Bertz CT molecular complexity index is 481. The fraction of sp³-hybridized carbons (Fsp3) is 0.500. The highest BCUT2D eigenvalue weighted by atomic mass is 16.1. The smallest absolute Gasteiger partial charge is 0.269 e. The zero-order valence-electron chi connectivity index (χ0n) is 10.7. The van der Waals surface area contributed by atoms with Crippen LogP contribution in [-0.4, -0.2) is 17.4 Å². The molecule has 0 bridgehead atoms. The van der Waals surface area contributed by atoms with Crippen molar-refractivity contribution in [3.63, 3.8) is 0 Å². The summed E-state index contributed by atoms with van der Waals surface area (Å²) in [6.45, 7) is 5.10. The van der Waals surface area contributed by atoms with Crippen LogP contribution in [0.3, 0.4) is 0 Å². The average Bonchev–Trinajstić information content (AvgIpc) is 3.17. The quantitative estimate of drug-likeness (QED) is 0.880. The number of amides is 1. The van der Waals surface area contributed by atoms with Gasteiger partial charge in [0.2, 0.25) is 0 Å². The van der Waals surface area contributed by atoms with Crippen molar-refractivity contribution in [2.45, 2.75) is 26.7 Å². The first-order chi connectivity index (χ1) is 8.57. The van der Waals surface area contributed by atoms with Gasteiger partial charge in [-0.25, -0.2) is 4.98 Å². The molecule has 18 heavy (non-hydrogen) atoms. The molecule has 1 N–H and O–H groups in total. The second kappa shape index (κ2) is 4.77. The highest BCUT2D eigenvalue weighted by Gasteiger charge is 2.45. The lowest BCUT2D eigenvalue weighted by molar-refractivity contribution is 0.0935. The fourth-order valence-electron chi connectivity index (χ4n) is 2.06. The third-order valence-corrected chi connectivity index (χ3v) is 3.84. The van der Waals surface area contributed by atoms with Gasteiger partial charge < -0.3 is 5.32 Å². The molecule has 4 heteroatoms. The minimum absolute atomic E-state index is 0.161. The Morgan fingerprint density at radius 3 is 2.72 bits per heavy atom. The summed E-state index contributed by atoms with van der Waals surface area (Å²) in [5, 5.41) is 11.6. The van der Waals surface area contributed by atoms with Gasteiger partial charge in [0.25, 0.3) is 5.91 Å². The molecule has 0 atom stereocenters. The van der Waals surface area contributed by atoms with Crippen LogP contribution < -0.4 is 5.32 Å². The molecule has 0 spiro atoms. The molecule has 1 aromatic rings. The molecule has 1 fully saturated rings. The Morgan fingerprint density at radius 1 is 1.56 bits per heavy atom. The number of aromatic nitrogens is 1. The average molecular weight is 243 g/mol. The lowest BCUT2D eigenvalue weighted by Crippen LogP contribution is -2.33.